The lowest BCUT2D eigenvalue weighted by Gasteiger charge is -2.19. The Balaban J connectivity index is 1.46. The fourth-order valence-corrected chi connectivity index (χ4v) is 3.28. The molecule has 1 aromatic carbocycles. The second kappa shape index (κ2) is 10.3. The first-order valence-corrected chi connectivity index (χ1v) is 9.88. The molecule has 10 heteroatoms. The van der Waals surface area contributed by atoms with E-state index in [1.165, 1.54) is 4.90 Å². The zero-order valence-electron chi connectivity index (χ0n) is 17.4. The Kier molecular flexibility index (Phi) is 7.56. The van der Waals surface area contributed by atoms with Crippen LogP contribution in [0.5, 0.6) is 17.4 Å². The van der Waals surface area contributed by atoms with Crippen LogP contribution in [0.25, 0.3) is 0 Å². The summed E-state index contributed by atoms with van der Waals surface area (Å²) in [6.07, 6.45) is -1.85. The van der Waals surface area contributed by atoms with Crippen molar-refractivity contribution in [1.82, 2.24) is 20.5 Å². The summed E-state index contributed by atoms with van der Waals surface area (Å²) < 4.78 is 48.5. The van der Waals surface area contributed by atoms with E-state index in [-0.39, 0.29) is 6.04 Å². The number of hydrogen-bond donors (Lipinski definition) is 2. The molecule has 0 saturated carbocycles. The van der Waals surface area contributed by atoms with E-state index in [9.17, 15) is 13.2 Å². The third-order valence-corrected chi connectivity index (χ3v) is 4.76. The topological polar surface area (TPSA) is 71.0 Å². The molecular formula is C21H26F3N5O2. The van der Waals surface area contributed by atoms with Gasteiger partial charge >= 0.3 is 6.18 Å². The lowest BCUT2D eigenvalue weighted by Crippen LogP contribution is -2.44. The Hall–Kier alpha value is -3.01. The Bertz CT molecular complexity index is 874. The molecule has 2 aromatic rings. The third kappa shape index (κ3) is 7.32. The third-order valence-electron chi connectivity index (χ3n) is 4.76. The van der Waals surface area contributed by atoms with Gasteiger partial charge < -0.3 is 20.1 Å². The average Bonchev–Trinajstić information content (AvgIpc) is 3.17. The maximum Gasteiger partial charge on any atom is 0.401 e. The number of aliphatic imine (C=N–C) groups is 1. The smallest absolute Gasteiger partial charge is 0.401 e. The second-order valence-corrected chi connectivity index (χ2v) is 7.19. The summed E-state index contributed by atoms with van der Waals surface area (Å²) >= 11 is 0. The molecule has 1 fully saturated rings. The Morgan fingerprint density at radius 1 is 1.26 bits per heavy atom. The highest BCUT2D eigenvalue weighted by molar-refractivity contribution is 5.80. The molecule has 0 amide bonds. The Morgan fingerprint density at radius 3 is 2.74 bits per heavy atom. The maximum absolute atomic E-state index is 12.5. The standard InChI is InChI=1S/C21H26F3N5O2/c1-25-20(28-16-8-9-29(13-16)14-21(22,23)24)27-12-15-6-7-19(26-11-15)31-18-5-3-4-17(10-18)30-2/h3-7,10-11,16H,8-9,12-14H2,1-2H3,(H2,25,27,28). The van der Waals surface area contributed by atoms with Crippen LogP contribution < -0.4 is 20.1 Å². The van der Waals surface area contributed by atoms with Crippen LogP contribution >= 0.6 is 0 Å². The number of halogens is 3. The highest BCUT2D eigenvalue weighted by atomic mass is 19.4. The minimum atomic E-state index is -4.18. The number of alkyl halides is 3. The molecule has 1 aliphatic heterocycles. The first-order valence-electron chi connectivity index (χ1n) is 9.88. The van der Waals surface area contributed by atoms with E-state index in [2.05, 4.69) is 20.6 Å². The van der Waals surface area contributed by atoms with E-state index >= 15 is 0 Å². The normalized spacial score (nSPS) is 17.5. The number of nitrogens with one attached hydrogen (secondary N) is 2. The van der Waals surface area contributed by atoms with Gasteiger partial charge in [0.05, 0.1) is 13.7 Å². The summed E-state index contributed by atoms with van der Waals surface area (Å²) in [4.78, 5) is 9.86. The molecule has 1 aliphatic rings. The minimum Gasteiger partial charge on any atom is -0.497 e. The summed E-state index contributed by atoms with van der Waals surface area (Å²) in [6, 6.07) is 10.8. The largest absolute Gasteiger partial charge is 0.497 e. The van der Waals surface area contributed by atoms with Crippen molar-refractivity contribution in [2.75, 3.05) is 33.8 Å². The van der Waals surface area contributed by atoms with Gasteiger partial charge in [-0.1, -0.05) is 12.1 Å². The van der Waals surface area contributed by atoms with E-state index < -0.39 is 12.7 Å². The molecule has 1 saturated heterocycles. The van der Waals surface area contributed by atoms with Crippen molar-refractivity contribution in [3.05, 3.63) is 48.2 Å². The van der Waals surface area contributed by atoms with Gasteiger partial charge in [0, 0.05) is 51.1 Å². The van der Waals surface area contributed by atoms with E-state index in [0.717, 1.165) is 5.56 Å². The van der Waals surface area contributed by atoms with Crippen molar-refractivity contribution in [3.8, 4) is 17.4 Å². The van der Waals surface area contributed by atoms with E-state index in [4.69, 9.17) is 9.47 Å². The lowest BCUT2D eigenvalue weighted by atomic mass is 10.2. The van der Waals surface area contributed by atoms with Crippen molar-refractivity contribution in [2.24, 2.45) is 4.99 Å². The Morgan fingerprint density at radius 2 is 2.06 bits per heavy atom. The van der Waals surface area contributed by atoms with Crippen LogP contribution in [0.4, 0.5) is 13.2 Å². The quantitative estimate of drug-likeness (QED) is 0.512. The molecule has 1 aromatic heterocycles. The molecule has 31 heavy (non-hydrogen) atoms. The van der Waals surface area contributed by atoms with Gasteiger partial charge in [-0.3, -0.25) is 9.89 Å². The number of aromatic nitrogens is 1. The van der Waals surface area contributed by atoms with Crippen molar-refractivity contribution in [3.63, 3.8) is 0 Å². The summed E-state index contributed by atoms with van der Waals surface area (Å²) in [5, 5.41) is 6.34. The van der Waals surface area contributed by atoms with Crippen molar-refractivity contribution < 1.29 is 22.6 Å². The number of pyridine rings is 1. The Labute approximate surface area is 179 Å². The van der Waals surface area contributed by atoms with Crippen LogP contribution in [0.1, 0.15) is 12.0 Å². The minimum absolute atomic E-state index is 0.0784. The molecule has 0 aliphatic carbocycles. The number of benzene rings is 1. The molecule has 0 radical (unpaired) electrons. The van der Waals surface area contributed by atoms with E-state index in [0.29, 0.717) is 49.4 Å². The summed E-state index contributed by atoms with van der Waals surface area (Å²) in [5.41, 5.74) is 0.908. The number of likely N-dealkylation sites (tertiary alicyclic amines) is 1. The van der Waals surface area contributed by atoms with Crippen molar-refractivity contribution in [2.45, 2.75) is 25.2 Å². The monoisotopic (exact) mass is 437 g/mol. The average molecular weight is 437 g/mol. The van der Waals surface area contributed by atoms with Gasteiger partial charge in [0.25, 0.3) is 0 Å². The fourth-order valence-electron chi connectivity index (χ4n) is 3.28. The van der Waals surface area contributed by atoms with E-state index in [1.54, 1.807) is 32.5 Å². The fraction of sp³-hybridized carbons (Fsp3) is 0.429. The van der Waals surface area contributed by atoms with Crippen LogP contribution in [0.15, 0.2) is 47.6 Å². The van der Waals surface area contributed by atoms with Crippen molar-refractivity contribution >= 4 is 5.96 Å². The number of ether oxygens (including phenoxy) is 2. The van der Waals surface area contributed by atoms with Crippen molar-refractivity contribution in [1.29, 1.82) is 0 Å². The number of methoxy groups -OCH3 is 1. The zero-order chi connectivity index (χ0) is 22.3. The molecule has 2 N–H and O–H groups in total. The van der Waals surface area contributed by atoms with Crippen LogP contribution in [0.3, 0.4) is 0 Å². The zero-order valence-corrected chi connectivity index (χ0v) is 17.4. The van der Waals surface area contributed by atoms with Gasteiger partial charge in [-0.05, 0) is 24.1 Å². The van der Waals surface area contributed by atoms with Crippen LogP contribution in [-0.2, 0) is 6.54 Å². The first-order chi connectivity index (χ1) is 14.8. The van der Waals surface area contributed by atoms with Crippen LogP contribution in [0.2, 0.25) is 0 Å². The van der Waals surface area contributed by atoms with Gasteiger partial charge in [0.1, 0.15) is 11.5 Å². The molecule has 2 heterocycles. The molecular weight excluding hydrogens is 411 g/mol. The van der Waals surface area contributed by atoms with Gasteiger partial charge in [0.15, 0.2) is 5.96 Å². The molecule has 3 rings (SSSR count). The molecule has 7 nitrogen and oxygen atoms in total. The number of nitrogens with zero attached hydrogens (tertiary/aromatic N) is 3. The lowest BCUT2D eigenvalue weighted by molar-refractivity contribution is -0.143. The molecule has 1 unspecified atom stereocenters. The molecule has 168 valence electrons. The summed E-state index contributed by atoms with van der Waals surface area (Å²) in [6.45, 7) is 0.322. The van der Waals surface area contributed by atoms with Gasteiger partial charge in [0.2, 0.25) is 5.88 Å². The highest BCUT2D eigenvalue weighted by Crippen LogP contribution is 2.24. The highest BCUT2D eigenvalue weighted by Gasteiger charge is 2.34. The second-order valence-electron chi connectivity index (χ2n) is 7.19. The molecule has 0 spiro atoms. The van der Waals surface area contributed by atoms with Gasteiger partial charge in [-0.15, -0.1) is 0 Å². The number of guanidine groups is 1. The van der Waals surface area contributed by atoms with E-state index in [1.807, 2.05) is 24.3 Å². The van der Waals surface area contributed by atoms with Crippen LogP contribution in [-0.4, -0.2) is 61.9 Å². The predicted octanol–water partition coefficient (Wildman–Crippen LogP) is 3.18. The summed E-state index contributed by atoms with van der Waals surface area (Å²) in [5.74, 6) is 2.31. The van der Waals surface area contributed by atoms with Crippen LogP contribution in [0, 0.1) is 0 Å². The maximum atomic E-state index is 12.5. The first kappa shape index (κ1) is 22.7. The predicted molar refractivity (Wildman–Crippen MR) is 112 cm³/mol. The van der Waals surface area contributed by atoms with Gasteiger partial charge in [-0.25, -0.2) is 4.98 Å². The number of rotatable bonds is 7. The SMILES string of the molecule is CN=C(NCc1ccc(Oc2cccc(OC)c2)nc1)NC1CCN(CC(F)(F)F)C1. The summed E-state index contributed by atoms with van der Waals surface area (Å²) in [7, 11) is 3.22. The molecule has 0 bridgehead atoms. The molecule has 1 atom stereocenters. The van der Waals surface area contributed by atoms with Gasteiger partial charge in [-0.2, -0.15) is 13.2 Å². The number of hydrogen-bond acceptors (Lipinski definition) is 5.